The van der Waals surface area contributed by atoms with Crippen molar-refractivity contribution in [3.8, 4) is 5.75 Å². The highest BCUT2D eigenvalue weighted by Crippen LogP contribution is 2.18. The summed E-state index contributed by atoms with van der Waals surface area (Å²) in [6, 6.07) is 19.7. The molecule has 6 nitrogen and oxygen atoms in total. The fourth-order valence-corrected chi connectivity index (χ4v) is 3.84. The van der Waals surface area contributed by atoms with Gasteiger partial charge < -0.3 is 14.7 Å². The lowest BCUT2D eigenvalue weighted by atomic mass is 10.0. The standard InChI is InChI=1S/C25H26ClN3O3/c26-21-8-4-19(5-9-21)25(31)20-6-10-23(11-7-20)32-18-22(30)17-28-13-15-29(16-14-28)24-3-1-2-12-27-24/h1-12,22,30H,13-18H2/t22-/m0/s1. The van der Waals surface area contributed by atoms with Gasteiger partial charge in [0.15, 0.2) is 5.78 Å². The van der Waals surface area contributed by atoms with Crippen LogP contribution in [0, 0.1) is 0 Å². The second kappa shape index (κ2) is 10.6. The van der Waals surface area contributed by atoms with Crippen LogP contribution in [0.4, 0.5) is 5.82 Å². The van der Waals surface area contributed by atoms with Gasteiger partial charge in [-0.15, -0.1) is 0 Å². The predicted octanol–water partition coefficient (Wildman–Crippen LogP) is 3.53. The van der Waals surface area contributed by atoms with Crippen molar-refractivity contribution in [2.24, 2.45) is 0 Å². The van der Waals surface area contributed by atoms with Crippen molar-refractivity contribution in [2.75, 3.05) is 44.2 Å². The highest BCUT2D eigenvalue weighted by atomic mass is 35.5. The minimum absolute atomic E-state index is 0.0712. The number of aliphatic hydroxyl groups excluding tert-OH is 1. The van der Waals surface area contributed by atoms with Gasteiger partial charge in [0.25, 0.3) is 0 Å². The second-order valence-electron chi connectivity index (χ2n) is 7.80. The number of ether oxygens (including phenoxy) is 1. The van der Waals surface area contributed by atoms with Crippen molar-refractivity contribution in [1.29, 1.82) is 0 Å². The molecular weight excluding hydrogens is 426 g/mol. The largest absolute Gasteiger partial charge is 0.491 e. The normalized spacial score (nSPS) is 15.4. The zero-order valence-electron chi connectivity index (χ0n) is 17.7. The number of nitrogens with zero attached hydrogens (tertiary/aromatic N) is 3. The van der Waals surface area contributed by atoms with Gasteiger partial charge in [-0.05, 0) is 60.7 Å². The fraction of sp³-hybridized carbons (Fsp3) is 0.280. The van der Waals surface area contributed by atoms with Gasteiger partial charge in [0, 0.05) is 55.1 Å². The van der Waals surface area contributed by atoms with Crippen LogP contribution in [0.5, 0.6) is 5.75 Å². The number of piperazine rings is 1. The molecule has 1 aliphatic heterocycles. The van der Waals surface area contributed by atoms with E-state index in [0.29, 0.717) is 28.4 Å². The molecule has 0 bridgehead atoms. The van der Waals surface area contributed by atoms with E-state index in [1.807, 2.05) is 24.4 Å². The number of carbonyl (C=O) groups is 1. The van der Waals surface area contributed by atoms with E-state index in [2.05, 4.69) is 14.8 Å². The number of β-amino-alcohol motifs (C(OH)–C–C–N with tert-alkyl or cyclic N) is 1. The lowest BCUT2D eigenvalue weighted by Crippen LogP contribution is -2.49. The van der Waals surface area contributed by atoms with E-state index in [1.165, 1.54) is 0 Å². The van der Waals surface area contributed by atoms with Crippen LogP contribution < -0.4 is 9.64 Å². The third kappa shape index (κ3) is 5.85. The zero-order valence-corrected chi connectivity index (χ0v) is 18.5. The smallest absolute Gasteiger partial charge is 0.193 e. The molecule has 0 radical (unpaired) electrons. The predicted molar refractivity (Wildman–Crippen MR) is 126 cm³/mol. The Morgan fingerprint density at radius 3 is 2.25 bits per heavy atom. The number of pyridine rings is 1. The maximum absolute atomic E-state index is 12.5. The SMILES string of the molecule is O=C(c1ccc(Cl)cc1)c1ccc(OC[C@@H](O)CN2CCN(c3ccccn3)CC2)cc1. The van der Waals surface area contributed by atoms with Crippen molar-refractivity contribution in [1.82, 2.24) is 9.88 Å². The number of halogens is 1. The molecule has 2 heterocycles. The van der Waals surface area contributed by atoms with Gasteiger partial charge in [-0.3, -0.25) is 9.69 Å². The molecule has 1 aromatic heterocycles. The van der Waals surface area contributed by atoms with Crippen LogP contribution in [0.25, 0.3) is 0 Å². The van der Waals surface area contributed by atoms with Gasteiger partial charge >= 0.3 is 0 Å². The van der Waals surface area contributed by atoms with Crippen LogP contribution >= 0.6 is 11.6 Å². The van der Waals surface area contributed by atoms with Crippen molar-refractivity contribution in [2.45, 2.75) is 6.10 Å². The Hall–Kier alpha value is -2.93. The third-order valence-electron chi connectivity index (χ3n) is 5.48. The molecule has 0 spiro atoms. The molecule has 4 rings (SSSR count). The summed E-state index contributed by atoms with van der Waals surface area (Å²) in [6.45, 7) is 4.26. The van der Waals surface area contributed by atoms with Crippen LogP contribution in [0.15, 0.2) is 72.9 Å². The van der Waals surface area contributed by atoms with Crippen molar-refractivity contribution >= 4 is 23.2 Å². The topological polar surface area (TPSA) is 65.9 Å². The average Bonchev–Trinajstić information content (AvgIpc) is 2.84. The first-order valence-electron chi connectivity index (χ1n) is 10.7. The van der Waals surface area contributed by atoms with Gasteiger partial charge in [0.2, 0.25) is 0 Å². The lowest BCUT2D eigenvalue weighted by molar-refractivity contribution is 0.0662. The van der Waals surface area contributed by atoms with Crippen molar-refractivity contribution in [3.05, 3.63) is 89.1 Å². The van der Waals surface area contributed by atoms with E-state index in [-0.39, 0.29) is 12.4 Å². The monoisotopic (exact) mass is 451 g/mol. The molecule has 1 atom stereocenters. The number of benzene rings is 2. The van der Waals surface area contributed by atoms with E-state index in [4.69, 9.17) is 16.3 Å². The number of rotatable bonds is 8. The highest BCUT2D eigenvalue weighted by Gasteiger charge is 2.20. The minimum Gasteiger partial charge on any atom is -0.491 e. The van der Waals surface area contributed by atoms with E-state index in [1.54, 1.807) is 48.5 Å². The number of ketones is 1. The summed E-state index contributed by atoms with van der Waals surface area (Å²) in [6.07, 6.45) is 1.22. The number of anilines is 1. The molecule has 166 valence electrons. The molecule has 0 unspecified atom stereocenters. The van der Waals surface area contributed by atoms with Crippen LogP contribution in [-0.4, -0.2) is 66.2 Å². The Morgan fingerprint density at radius 1 is 0.969 bits per heavy atom. The van der Waals surface area contributed by atoms with E-state index in [9.17, 15) is 9.90 Å². The number of hydrogen-bond donors (Lipinski definition) is 1. The maximum Gasteiger partial charge on any atom is 0.193 e. The van der Waals surface area contributed by atoms with Gasteiger partial charge in [-0.1, -0.05) is 17.7 Å². The van der Waals surface area contributed by atoms with Crippen molar-refractivity contribution < 1.29 is 14.6 Å². The molecule has 1 saturated heterocycles. The zero-order chi connectivity index (χ0) is 22.3. The molecule has 1 aliphatic rings. The van der Waals surface area contributed by atoms with Crippen LogP contribution in [0.1, 0.15) is 15.9 Å². The summed E-state index contributed by atoms with van der Waals surface area (Å²) >= 11 is 5.88. The van der Waals surface area contributed by atoms with Gasteiger partial charge in [-0.25, -0.2) is 4.98 Å². The Labute approximate surface area is 193 Å². The minimum atomic E-state index is -0.591. The van der Waals surface area contributed by atoms with E-state index in [0.717, 1.165) is 32.0 Å². The summed E-state index contributed by atoms with van der Waals surface area (Å²) in [5.74, 6) is 1.55. The first-order valence-corrected chi connectivity index (χ1v) is 11.1. The molecule has 0 amide bonds. The fourth-order valence-electron chi connectivity index (χ4n) is 3.71. The van der Waals surface area contributed by atoms with Gasteiger partial charge in [-0.2, -0.15) is 0 Å². The second-order valence-corrected chi connectivity index (χ2v) is 8.24. The Balaban J connectivity index is 1.22. The summed E-state index contributed by atoms with van der Waals surface area (Å²) in [5.41, 5.74) is 1.16. The summed E-state index contributed by atoms with van der Waals surface area (Å²) in [5, 5.41) is 11.0. The summed E-state index contributed by atoms with van der Waals surface area (Å²) in [7, 11) is 0. The lowest BCUT2D eigenvalue weighted by Gasteiger charge is -2.36. The third-order valence-corrected chi connectivity index (χ3v) is 5.73. The molecule has 2 aromatic carbocycles. The van der Waals surface area contributed by atoms with Crippen LogP contribution in [0.3, 0.4) is 0 Å². The Kier molecular flexibility index (Phi) is 7.37. The molecule has 1 fully saturated rings. The average molecular weight is 452 g/mol. The molecule has 32 heavy (non-hydrogen) atoms. The maximum atomic E-state index is 12.5. The quantitative estimate of drug-likeness (QED) is 0.528. The van der Waals surface area contributed by atoms with E-state index < -0.39 is 6.10 Å². The van der Waals surface area contributed by atoms with Crippen LogP contribution in [-0.2, 0) is 0 Å². The highest BCUT2D eigenvalue weighted by molar-refractivity contribution is 6.30. The number of aliphatic hydroxyl groups is 1. The van der Waals surface area contributed by atoms with E-state index >= 15 is 0 Å². The summed E-state index contributed by atoms with van der Waals surface area (Å²) < 4.78 is 5.73. The molecule has 3 aromatic rings. The Morgan fingerprint density at radius 2 is 1.62 bits per heavy atom. The first kappa shape index (κ1) is 22.3. The first-order chi connectivity index (χ1) is 15.6. The number of carbonyl (C=O) groups excluding carboxylic acids is 1. The van der Waals surface area contributed by atoms with Crippen LogP contribution in [0.2, 0.25) is 5.02 Å². The van der Waals surface area contributed by atoms with Gasteiger partial charge in [0.05, 0.1) is 0 Å². The van der Waals surface area contributed by atoms with Gasteiger partial charge in [0.1, 0.15) is 24.3 Å². The molecular formula is C25H26ClN3O3. The Bertz CT molecular complexity index is 1000. The summed E-state index contributed by atoms with van der Waals surface area (Å²) in [4.78, 5) is 21.4. The number of hydrogen-bond acceptors (Lipinski definition) is 6. The molecule has 0 saturated carbocycles. The number of aromatic nitrogens is 1. The molecule has 0 aliphatic carbocycles. The van der Waals surface area contributed by atoms with Crippen molar-refractivity contribution in [3.63, 3.8) is 0 Å². The molecule has 1 N–H and O–H groups in total. The molecule has 7 heteroatoms.